The summed E-state index contributed by atoms with van der Waals surface area (Å²) in [6.07, 6.45) is 50.0. The van der Waals surface area contributed by atoms with Gasteiger partial charge in [0.15, 0.2) is 12.2 Å². The molecule has 0 aromatic carbocycles. The number of hydrogen-bond acceptors (Lipinski definition) is 15. The van der Waals surface area contributed by atoms with Crippen LogP contribution in [0.5, 0.6) is 0 Å². The molecular weight excluding hydrogens is 1220 g/mol. The van der Waals surface area contributed by atoms with Crippen molar-refractivity contribution >= 4 is 39.5 Å². The monoisotopic (exact) mass is 1370 g/mol. The van der Waals surface area contributed by atoms with Crippen molar-refractivity contribution in [3.05, 3.63) is 0 Å². The summed E-state index contributed by atoms with van der Waals surface area (Å²) in [5.41, 5.74) is 0. The molecule has 17 nitrogen and oxygen atoms in total. The Labute approximate surface area is 568 Å². The third-order valence-corrected chi connectivity index (χ3v) is 19.0. The lowest BCUT2D eigenvalue weighted by Crippen LogP contribution is -2.30. The highest BCUT2D eigenvalue weighted by atomic mass is 31.2. The molecule has 0 heterocycles. The van der Waals surface area contributed by atoms with Crippen LogP contribution >= 0.6 is 15.6 Å². The fraction of sp³-hybridized carbons (Fsp3) is 0.946. The number of phosphoric ester groups is 2. The van der Waals surface area contributed by atoms with E-state index in [-0.39, 0.29) is 25.7 Å². The first-order valence-electron chi connectivity index (χ1n) is 38.3. The number of hydrogen-bond donors (Lipinski definition) is 3. The molecule has 93 heavy (non-hydrogen) atoms. The molecule has 0 radical (unpaired) electrons. The van der Waals surface area contributed by atoms with E-state index in [4.69, 9.17) is 37.0 Å². The highest BCUT2D eigenvalue weighted by Crippen LogP contribution is 2.45. The minimum Gasteiger partial charge on any atom is -0.462 e. The standard InChI is InChI=1S/C74H144O17P2/c1-8-9-10-11-12-13-14-18-22-29-34-43-50-57-74(79)91-70(62-85-72(77)56-49-42-37-36-40-47-54-67(6)7)64-89-93(82,83)87-60-68(75)59-86-92(80,81)88-63-69(61-84-71(76)55-48-41-33-28-25-24-27-32-39-46-53-66(4)5)90-73(78)58-51-44-35-30-23-20-17-15-16-19-21-26-31-38-45-52-65(2)3/h65-70,75H,8-64H2,1-7H3,(H,80,81)(H,82,83)/t68-,69-,70-/m1/s1. The van der Waals surface area contributed by atoms with Crippen molar-refractivity contribution in [2.75, 3.05) is 39.6 Å². The van der Waals surface area contributed by atoms with Gasteiger partial charge in [0.1, 0.15) is 19.3 Å². The van der Waals surface area contributed by atoms with Crippen LogP contribution in [0.2, 0.25) is 0 Å². The molecule has 0 aromatic rings. The molecule has 0 aliphatic rings. The Bertz CT molecular complexity index is 1820. The zero-order chi connectivity index (χ0) is 68.7. The summed E-state index contributed by atoms with van der Waals surface area (Å²) in [6, 6.07) is 0. The quantitative estimate of drug-likeness (QED) is 0.0222. The summed E-state index contributed by atoms with van der Waals surface area (Å²) >= 11 is 0. The van der Waals surface area contributed by atoms with Gasteiger partial charge in [-0.2, -0.15) is 0 Å². The van der Waals surface area contributed by atoms with Crippen LogP contribution in [0.1, 0.15) is 376 Å². The predicted molar refractivity (Wildman–Crippen MR) is 377 cm³/mol. The van der Waals surface area contributed by atoms with Gasteiger partial charge in [-0.1, -0.05) is 325 Å². The van der Waals surface area contributed by atoms with Gasteiger partial charge in [-0.3, -0.25) is 37.3 Å². The average molecular weight is 1370 g/mol. The van der Waals surface area contributed by atoms with E-state index in [9.17, 15) is 43.2 Å². The van der Waals surface area contributed by atoms with Gasteiger partial charge in [0.05, 0.1) is 26.4 Å². The van der Waals surface area contributed by atoms with Gasteiger partial charge in [0, 0.05) is 25.7 Å². The molecule has 0 aliphatic carbocycles. The lowest BCUT2D eigenvalue weighted by molar-refractivity contribution is -0.161. The van der Waals surface area contributed by atoms with E-state index in [2.05, 4.69) is 48.5 Å². The van der Waals surface area contributed by atoms with Gasteiger partial charge in [0.25, 0.3) is 0 Å². The zero-order valence-electron chi connectivity index (χ0n) is 60.7. The van der Waals surface area contributed by atoms with E-state index in [0.717, 1.165) is 108 Å². The smallest absolute Gasteiger partial charge is 0.462 e. The van der Waals surface area contributed by atoms with Gasteiger partial charge < -0.3 is 33.8 Å². The Morgan fingerprint density at radius 1 is 0.290 bits per heavy atom. The lowest BCUT2D eigenvalue weighted by atomic mass is 10.0. The molecule has 0 bridgehead atoms. The second kappa shape index (κ2) is 64.7. The number of phosphoric acid groups is 2. The van der Waals surface area contributed by atoms with Gasteiger partial charge in [0.2, 0.25) is 0 Å². The number of ether oxygens (including phenoxy) is 4. The summed E-state index contributed by atoms with van der Waals surface area (Å²) in [6.45, 7) is 11.8. The minimum absolute atomic E-state index is 0.106. The van der Waals surface area contributed by atoms with Crippen molar-refractivity contribution in [3.8, 4) is 0 Å². The predicted octanol–water partition coefficient (Wildman–Crippen LogP) is 21.4. The third-order valence-electron chi connectivity index (χ3n) is 17.1. The van der Waals surface area contributed by atoms with Crippen molar-refractivity contribution in [1.29, 1.82) is 0 Å². The number of esters is 4. The van der Waals surface area contributed by atoms with Crippen LogP contribution in [-0.4, -0.2) is 96.7 Å². The average Bonchev–Trinajstić information content (AvgIpc) is 1.75. The molecule has 2 unspecified atom stereocenters. The van der Waals surface area contributed by atoms with Gasteiger partial charge >= 0.3 is 39.5 Å². The first-order valence-corrected chi connectivity index (χ1v) is 41.3. The summed E-state index contributed by atoms with van der Waals surface area (Å²) in [4.78, 5) is 72.7. The summed E-state index contributed by atoms with van der Waals surface area (Å²) in [5.74, 6) is 0.119. The largest absolute Gasteiger partial charge is 0.472 e. The molecule has 19 heteroatoms. The molecule has 0 rings (SSSR count). The Morgan fingerprint density at radius 3 is 0.731 bits per heavy atom. The number of aliphatic hydroxyl groups is 1. The fourth-order valence-electron chi connectivity index (χ4n) is 11.2. The Kier molecular flexibility index (Phi) is 63.4. The van der Waals surface area contributed by atoms with Crippen LogP contribution in [0, 0.1) is 17.8 Å². The molecule has 0 saturated heterocycles. The van der Waals surface area contributed by atoms with Crippen molar-refractivity contribution in [2.45, 2.75) is 394 Å². The molecule has 0 aromatic heterocycles. The van der Waals surface area contributed by atoms with Crippen LogP contribution in [-0.2, 0) is 65.4 Å². The molecule has 552 valence electrons. The van der Waals surface area contributed by atoms with E-state index in [1.165, 1.54) is 180 Å². The minimum atomic E-state index is -4.96. The number of unbranched alkanes of at least 4 members (excludes halogenated alkanes) is 40. The molecule has 5 atom stereocenters. The van der Waals surface area contributed by atoms with E-state index in [1.807, 2.05) is 0 Å². The first-order chi connectivity index (χ1) is 44.7. The van der Waals surface area contributed by atoms with E-state index < -0.39 is 97.5 Å². The highest BCUT2D eigenvalue weighted by Gasteiger charge is 2.30. The Hall–Kier alpha value is -1.94. The number of aliphatic hydroxyl groups excluding tert-OH is 1. The maximum absolute atomic E-state index is 13.1. The van der Waals surface area contributed by atoms with Gasteiger partial charge in [-0.25, -0.2) is 9.13 Å². The van der Waals surface area contributed by atoms with Crippen LogP contribution in [0.15, 0.2) is 0 Å². The van der Waals surface area contributed by atoms with Crippen LogP contribution < -0.4 is 0 Å². The van der Waals surface area contributed by atoms with Crippen molar-refractivity contribution in [2.24, 2.45) is 17.8 Å². The molecule has 0 saturated carbocycles. The normalized spacial score (nSPS) is 14.1. The molecule has 0 fully saturated rings. The summed E-state index contributed by atoms with van der Waals surface area (Å²) in [5, 5.41) is 10.6. The Morgan fingerprint density at radius 2 is 0.495 bits per heavy atom. The summed E-state index contributed by atoms with van der Waals surface area (Å²) in [7, 11) is -9.91. The molecule has 3 N–H and O–H groups in total. The van der Waals surface area contributed by atoms with Crippen molar-refractivity contribution in [1.82, 2.24) is 0 Å². The van der Waals surface area contributed by atoms with Crippen LogP contribution in [0.3, 0.4) is 0 Å². The zero-order valence-corrected chi connectivity index (χ0v) is 62.5. The maximum Gasteiger partial charge on any atom is 0.472 e. The molecule has 0 amide bonds. The second-order valence-corrected chi connectivity index (χ2v) is 31.0. The first kappa shape index (κ1) is 91.1. The number of rotatable bonds is 72. The number of carbonyl (C=O) groups excluding carboxylic acids is 4. The van der Waals surface area contributed by atoms with E-state index in [0.29, 0.717) is 31.6 Å². The van der Waals surface area contributed by atoms with Gasteiger partial charge in [-0.05, 0) is 43.4 Å². The van der Waals surface area contributed by atoms with Gasteiger partial charge in [-0.15, -0.1) is 0 Å². The molecule has 0 aliphatic heterocycles. The van der Waals surface area contributed by atoms with Crippen molar-refractivity contribution in [3.63, 3.8) is 0 Å². The van der Waals surface area contributed by atoms with E-state index in [1.54, 1.807) is 0 Å². The maximum atomic E-state index is 13.1. The SMILES string of the molecule is CCCCCCCCCCCCCCCC(=O)O[C@H](COC(=O)CCCCCCCCC(C)C)COP(=O)(O)OC[C@H](O)COP(=O)(O)OC[C@@H](COC(=O)CCCCCCCCCCCCC(C)C)OC(=O)CCCCCCCCCCCCCCCCCC(C)C. The topological polar surface area (TPSA) is 237 Å². The van der Waals surface area contributed by atoms with Crippen molar-refractivity contribution < 1.29 is 80.2 Å². The fourth-order valence-corrected chi connectivity index (χ4v) is 12.8. The van der Waals surface area contributed by atoms with Crippen LogP contribution in [0.25, 0.3) is 0 Å². The third kappa shape index (κ3) is 68.4. The highest BCUT2D eigenvalue weighted by molar-refractivity contribution is 7.47. The molecule has 0 spiro atoms. The molecular formula is C74H144O17P2. The number of carbonyl (C=O) groups is 4. The Balaban J connectivity index is 5.23. The van der Waals surface area contributed by atoms with E-state index >= 15 is 0 Å². The lowest BCUT2D eigenvalue weighted by Gasteiger charge is -2.21. The summed E-state index contributed by atoms with van der Waals surface area (Å²) < 4.78 is 68.4. The van der Waals surface area contributed by atoms with Crippen LogP contribution in [0.4, 0.5) is 0 Å². The second-order valence-electron chi connectivity index (χ2n) is 28.1.